The fourth-order valence-electron chi connectivity index (χ4n) is 2.41. The number of rotatable bonds is 4. The van der Waals surface area contributed by atoms with Gasteiger partial charge in [-0.25, -0.2) is 0 Å². The minimum atomic E-state index is 0.336. The molecule has 0 saturated carbocycles. The average Bonchev–Trinajstić information content (AvgIpc) is 3.04. The van der Waals surface area contributed by atoms with Crippen LogP contribution < -0.4 is 5.32 Å². The monoisotopic (exact) mass is 279 g/mol. The van der Waals surface area contributed by atoms with Gasteiger partial charge in [-0.05, 0) is 44.4 Å². The van der Waals surface area contributed by atoms with E-state index in [1.165, 1.54) is 29.7 Å². The molecule has 1 aliphatic carbocycles. The number of fused-ring (bicyclic) bond motifs is 1. The van der Waals surface area contributed by atoms with E-state index in [0.29, 0.717) is 6.04 Å². The topological polar surface area (TPSA) is 37.8 Å². The minimum absolute atomic E-state index is 0.336. The standard InChI is InChI=1S/C13H17N3S2/c1-3-9(14-2)12-15-16-13(18-12)11-7-8-5-4-6-10(8)17-11/h7,9,14H,3-6H2,1-2H3. The zero-order valence-electron chi connectivity index (χ0n) is 10.7. The first-order chi connectivity index (χ1) is 8.81. The summed E-state index contributed by atoms with van der Waals surface area (Å²) in [5.41, 5.74) is 1.53. The number of nitrogens with zero attached hydrogens (tertiary/aromatic N) is 2. The van der Waals surface area contributed by atoms with Crippen LogP contribution in [0.3, 0.4) is 0 Å². The van der Waals surface area contributed by atoms with Gasteiger partial charge in [0.1, 0.15) is 5.01 Å². The van der Waals surface area contributed by atoms with Gasteiger partial charge in [0.15, 0.2) is 5.01 Å². The Kier molecular flexibility index (Phi) is 3.46. The van der Waals surface area contributed by atoms with E-state index in [4.69, 9.17) is 0 Å². The van der Waals surface area contributed by atoms with E-state index in [1.54, 1.807) is 16.2 Å². The number of aryl methyl sites for hydroxylation is 2. The second-order valence-electron chi connectivity index (χ2n) is 4.61. The van der Waals surface area contributed by atoms with Crippen molar-refractivity contribution in [1.29, 1.82) is 0 Å². The lowest BCUT2D eigenvalue weighted by molar-refractivity contribution is 0.568. The van der Waals surface area contributed by atoms with Gasteiger partial charge in [-0.2, -0.15) is 0 Å². The van der Waals surface area contributed by atoms with Crippen molar-refractivity contribution in [3.05, 3.63) is 21.5 Å². The van der Waals surface area contributed by atoms with Crippen LogP contribution in [0.15, 0.2) is 6.07 Å². The molecule has 0 saturated heterocycles. The predicted octanol–water partition coefficient (Wildman–Crippen LogP) is 3.43. The predicted molar refractivity (Wildman–Crippen MR) is 77.3 cm³/mol. The Balaban J connectivity index is 1.88. The molecule has 0 bridgehead atoms. The van der Waals surface area contributed by atoms with Crippen molar-refractivity contribution in [2.45, 2.75) is 38.6 Å². The lowest BCUT2D eigenvalue weighted by Gasteiger charge is -2.07. The van der Waals surface area contributed by atoms with Gasteiger partial charge in [0, 0.05) is 4.88 Å². The summed E-state index contributed by atoms with van der Waals surface area (Å²) in [7, 11) is 1.98. The minimum Gasteiger partial charge on any atom is -0.311 e. The van der Waals surface area contributed by atoms with Crippen molar-refractivity contribution < 1.29 is 0 Å². The van der Waals surface area contributed by atoms with E-state index in [9.17, 15) is 0 Å². The van der Waals surface area contributed by atoms with Gasteiger partial charge in [-0.1, -0.05) is 18.3 Å². The van der Waals surface area contributed by atoms with Crippen LogP contribution in [-0.4, -0.2) is 17.2 Å². The molecule has 1 unspecified atom stereocenters. The SMILES string of the molecule is CCC(NC)c1nnc(-c2cc3c(s2)CCC3)s1. The van der Waals surface area contributed by atoms with Gasteiger partial charge in [0.05, 0.1) is 10.9 Å². The van der Waals surface area contributed by atoms with Crippen LogP contribution in [0.5, 0.6) is 0 Å². The Bertz CT molecular complexity index is 519. The largest absolute Gasteiger partial charge is 0.311 e. The lowest BCUT2D eigenvalue weighted by atomic mass is 10.2. The van der Waals surface area contributed by atoms with Crippen molar-refractivity contribution in [1.82, 2.24) is 15.5 Å². The van der Waals surface area contributed by atoms with Gasteiger partial charge in [0.2, 0.25) is 0 Å². The van der Waals surface area contributed by atoms with Crippen molar-refractivity contribution in [3.63, 3.8) is 0 Å². The first-order valence-corrected chi connectivity index (χ1v) is 8.07. The molecule has 18 heavy (non-hydrogen) atoms. The van der Waals surface area contributed by atoms with Crippen LogP contribution in [0.1, 0.15) is 41.3 Å². The highest BCUT2D eigenvalue weighted by molar-refractivity contribution is 7.21. The molecule has 2 aromatic rings. The van der Waals surface area contributed by atoms with Crippen LogP contribution >= 0.6 is 22.7 Å². The second kappa shape index (κ2) is 5.07. The van der Waals surface area contributed by atoms with E-state index in [-0.39, 0.29) is 0 Å². The van der Waals surface area contributed by atoms with Crippen molar-refractivity contribution in [2.24, 2.45) is 0 Å². The first kappa shape index (κ1) is 12.3. The maximum absolute atomic E-state index is 4.36. The first-order valence-electron chi connectivity index (χ1n) is 6.44. The molecule has 96 valence electrons. The highest BCUT2D eigenvalue weighted by Crippen LogP contribution is 2.38. The summed E-state index contributed by atoms with van der Waals surface area (Å²) >= 11 is 3.63. The maximum atomic E-state index is 4.36. The Labute approximate surface area is 115 Å². The molecule has 2 heterocycles. The molecule has 0 spiro atoms. The van der Waals surface area contributed by atoms with Crippen LogP contribution in [0.2, 0.25) is 0 Å². The van der Waals surface area contributed by atoms with Crippen LogP contribution in [-0.2, 0) is 12.8 Å². The quantitative estimate of drug-likeness (QED) is 0.932. The molecule has 1 aliphatic rings. The van der Waals surface area contributed by atoms with Crippen LogP contribution in [0.4, 0.5) is 0 Å². The van der Waals surface area contributed by atoms with E-state index < -0.39 is 0 Å². The summed E-state index contributed by atoms with van der Waals surface area (Å²) in [5, 5.41) is 14.2. The number of hydrogen-bond donors (Lipinski definition) is 1. The number of thiophene rings is 1. The van der Waals surface area contributed by atoms with Gasteiger partial charge in [-0.3, -0.25) is 0 Å². The van der Waals surface area contributed by atoms with Gasteiger partial charge >= 0.3 is 0 Å². The van der Waals surface area contributed by atoms with E-state index in [2.05, 4.69) is 28.5 Å². The van der Waals surface area contributed by atoms with Crippen LogP contribution in [0.25, 0.3) is 9.88 Å². The molecule has 0 aromatic carbocycles. The molecular formula is C13H17N3S2. The molecule has 3 rings (SSSR count). The molecule has 0 aliphatic heterocycles. The fourth-order valence-corrected chi connectivity index (χ4v) is 4.74. The molecule has 0 radical (unpaired) electrons. The number of hydrogen-bond acceptors (Lipinski definition) is 5. The van der Waals surface area contributed by atoms with E-state index >= 15 is 0 Å². The zero-order valence-corrected chi connectivity index (χ0v) is 12.3. The Morgan fingerprint density at radius 1 is 1.33 bits per heavy atom. The van der Waals surface area contributed by atoms with E-state index in [0.717, 1.165) is 16.4 Å². The number of nitrogens with one attached hydrogen (secondary N) is 1. The van der Waals surface area contributed by atoms with Crippen LogP contribution in [0, 0.1) is 0 Å². The summed E-state index contributed by atoms with van der Waals surface area (Å²) in [6.45, 7) is 2.17. The molecule has 1 N–H and O–H groups in total. The zero-order chi connectivity index (χ0) is 12.5. The lowest BCUT2D eigenvalue weighted by Crippen LogP contribution is -2.14. The summed E-state index contributed by atoms with van der Waals surface area (Å²) in [4.78, 5) is 2.86. The van der Waals surface area contributed by atoms with Crippen molar-refractivity contribution in [3.8, 4) is 9.88 Å². The third-order valence-electron chi connectivity index (χ3n) is 3.45. The second-order valence-corrected chi connectivity index (χ2v) is 6.75. The molecule has 0 amide bonds. The molecule has 2 aromatic heterocycles. The number of aromatic nitrogens is 2. The van der Waals surface area contributed by atoms with Gasteiger partial charge < -0.3 is 5.32 Å². The smallest absolute Gasteiger partial charge is 0.157 e. The highest BCUT2D eigenvalue weighted by atomic mass is 32.1. The Hall–Kier alpha value is -0.780. The molecule has 1 atom stereocenters. The summed E-state index contributed by atoms with van der Waals surface area (Å²) in [5.74, 6) is 0. The molecule has 3 nitrogen and oxygen atoms in total. The van der Waals surface area contributed by atoms with Gasteiger partial charge in [-0.15, -0.1) is 21.5 Å². The molecule has 0 fully saturated rings. The molecular weight excluding hydrogens is 262 g/mol. The Morgan fingerprint density at radius 3 is 2.94 bits per heavy atom. The van der Waals surface area contributed by atoms with Gasteiger partial charge in [0.25, 0.3) is 0 Å². The maximum Gasteiger partial charge on any atom is 0.157 e. The van der Waals surface area contributed by atoms with Crippen molar-refractivity contribution >= 4 is 22.7 Å². The third-order valence-corrected chi connectivity index (χ3v) is 5.90. The summed E-state index contributed by atoms with van der Waals surface area (Å²) in [6, 6.07) is 2.65. The normalized spacial score (nSPS) is 15.9. The van der Waals surface area contributed by atoms with Crippen molar-refractivity contribution in [2.75, 3.05) is 7.05 Å². The highest BCUT2D eigenvalue weighted by Gasteiger charge is 2.19. The fraction of sp³-hybridized carbons (Fsp3) is 0.538. The summed E-state index contributed by atoms with van der Waals surface area (Å²) in [6.07, 6.45) is 4.86. The Morgan fingerprint density at radius 2 is 2.22 bits per heavy atom. The average molecular weight is 279 g/mol. The third kappa shape index (κ3) is 2.11. The molecule has 5 heteroatoms. The summed E-state index contributed by atoms with van der Waals surface area (Å²) < 4.78 is 0. The van der Waals surface area contributed by atoms with E-state index in [1.807, 2.05) is 18.4 Å².